The fraction of sp³-hybridized carbons (Fsp3) is 0.235. The number of amides is 2. The van der Waals surface area contributed by atoms with Gasteiger partial charge in [0.1, 0.15) is 5.00 Å². The van der Waals surface area contributed by atoms with Gasteiger partial charge in [0.25, 0.3) is 11.8 Å². The molecule has 0 spiro atoms. The first-order valence-corrected chi connectivity index (χ1v) is 8.14. The number of anilines is 1. The van der Waals surface area contributed by atoms with Crippen molar-refractivity contribution in [3.8, 4) is 6.07 Å². The van der Waals surface area contributed by atoms with E-state index in [4.69, 9.17) is 5.26 Å². The maximum atomic E-state index is 12.4. The van der Waals surface area contributed by atoms with E-state index in [1.807, 2.05) is 6.07 Å². The Labute approximate surface area is 137 Å². The van der Waals surface area contributed by atoms with Crippen molar-refractivity contribution in [2.24, 2.45) is 0 Å². The van der Waals surface area contributed by atoms with Crippen LogP contribution < -0.4 is 10.6 Å². The van der Waals surface area contributed by atoms with Crippen LogP contribution in [0.25, 0.3) is 0 Å². The van der Waals surface area contributed by atoms with Gasteiger partial charge in [-0.1, -0.05) is 0 Å². The summed E-state index contributed by atoms with van der Waals surface area (Å²) in [7, 11) is 1.59. The van der Waals surface area contributed by atoms with Gasteiger partial charge in [-0.05, 0) is 49.1 Å². The monoisotopic (exact) mass is 325 g/mol. The number of fused-ring (bicyclic) bond motifs is 1. The van der Waals surface area contributed by atoms with Gasteiger partial charge >= 0.3 is 0 Å². The SMILES string of the molecule is CNC(=O)c1c(NC(=O)c2ccc(C#N)cc2)sc2c1CCC2. The van der Waals surface area contributed by atoms with Gasteiger partial charge < -0.3 is 10.6 Å². The Bertz CT molecular complexity index is 816. The van der Waals surface area contributed by atoms with E-state index in [-0.39, 0.29) is 11.8 Å². The summed E-state index contributed by atoms with van der Waals surface area (Å²) in [6.07, 6.45) is 2.88. The number of aryl methyl sites for hydroxylation is 1. The van der Waals surface area contributed by atoms with E-state index in [1.54, 1.807) is 31.3 Å². The van der Waals surface area contributed by atoms with Gasteiger partial charge in [0.05, 0.1) is 17.2 Å². The van der Waals surface area contributed by atoms with E-state index < -0.39 is 0 Å². The van der Waals surface area contributed by atoms with Crippen molar-refractivity contribution >= 4 is 28.2 Å². The number of nitrogens with one attached hydrogen (secondary N) is 2. The van der Waals surface area contributed by atoms with Crippen LogP contribution >= 0.6 is 11.3 Å². The average Bonchev–Trinajstić information content (AvgIpc) is 3.14. The Balaban J connectivity index is 1.89. The number of rotatable bonds is 3. The summed E-state index contributed by atoms with van der Waals surface area (Å²) < 4.78 is 0. The van der Waals surface area contributed by atoms with Crippen LogP contribution in [0.4, 0.5) is 5.00 Å². The predicted molar refractivity (Wildman–Crippen MR) is 88.8 cm³/mol. The summed E-state index contributed by atoms with van der Waals surface area (Å²) in [5.74, 6) is -0.445. The topological polar surface area (TPSA) is 82.0 Å². The molecule has 1 aromatic carbocycles. The van der Waals surface area contributed by atoms with Crippen molar-refractivity contribution in [2.75, 3.05) is 12.4 Å². The van der Waals surface area contributed by atoms with Crippen molar-refractivity contribution in [3.05, 3.63) is 51.4 Å². The molecule has 2 N–H and O–H groups in total. The molecule has 1 heterocycles. The Kier molecular flexibility index (Phi) is 4.13. The van der Waals surface area contributed by atoms with Gasteiger partial charge in [-0.3, -0.25) is 9.59 Å². The van der Waals surface area contributed by atoms with Crippen LogP contribution in [0.3, 0.4) is 0 Å². The van der Waals surface area contributed by atoms with E-state index in [1.165, 1.54) is 16.2 Å². The van der Waals surface area contributed by atoms with Crippen molar-refractivity contribution in [1.29, 1.82) is 5.26 Å². The summed E-state index contributed by atoms with van der Waals surface area (Å²) in [5.41, 5.74) is 2.61. The average molecular weight is 325 g/mol. The molecule has 0 radical (unpaired) electrons. The summed E-state index contributed by atoms with van der Waals surface area (Å²) in [4.78, 5) is 25.7. The molecule has 1 aliphatic carbocycles. The molecular formula is C17H15N3O2S. The summed E-state index contributed by atoms with van der Waals surface area (Å²) in [6, 6.07) is 8.43. The molecule has 0 unspecified atom stereocenters. The van der Waals surface area contributed by atoms with E-state index in [0.717, 1.165) is 24.8 Å². The van der Waals surface area contributed by atoms with Gasteiger partial charge in [-0.2, -0.15) is 5.26 Å². The quantitative estimate of drug-likeness (QED) is 0.910. The predicted octanol–water partition coefficient (Wildman–Crippen LogP) is 2.72. The number of carbonyl (C=O) groups excluding carboxylic acids is 2. The van der Waals surface area contributed by atoms with Gasteiger partial charge in [0.15, 0.2) is 0 Å². The molecule has 6 heteroatoms. The highest BCUT2D eigenvalue weighted by molar-refractivity contribution is 7.17. The molecule has 2 amide bonds. The second-order valence-corrected chi connectivity index (χ2v) is 6.39. The molecule has 116 valence electrons. The van der Waals surface area contributed by atoms with E-state index in [0.29, 0.717) is 21.7 Å². The zero-order valence-corrected chi connectivity index (χ0v) is 13.4. The second-order valence-electron chi connectivity index (χ2n) is 5.28. The Morgan fingerprint density at radius 2 is 1.91 bits per heavy atom. The van der Waals surface area contributed by atoms with E-state index in [9.17, 15) is 9.59 Å². The lowest BCUT2D eigenvalue weighted by Crippen LogP contribution is -2.21. The fourth-order valence-corrected chi connectivity index (χ4v) is 4.01. The summed E-state index contributed by atoms with van der Waals surface area (Å²) in [5, 5.41) is 14.9. The number of benzene rings is 1. The maximum absolute atomic E-state index is 12.4. The van der Waals surface area contributed by atoms with Gasteiger partial charge in [0.2, 0.25) is 0 Å². The van der Waals surface area contributed by atoms with E-state index >= 15 is 0 Å². The first-order chi connectivity index (χ1) is 11.1. The summed E-state index contributed by atoms with van der Waals surface area (Å²) in [6.45, 7) is 0. The molecule has 0 saturated carbocycles. The van der Waals surface area contributed by atoms with Crippen molar-refractivity contribution in [3.63, 3.8) is 0 Å². The van der Waals surface area contributed by atoms with Gasteiger partial charge in [0, 0.05) is 17.5 Å². The van der Waals surface area contributed by atoms with Crippen LogP contribution in [0.15, 0.2) is 24.3 Å². The molecule has 0 bridgehead atoms. The summed E-state index contributed by atoms with van der Waals surface area (Å²) >= 11 is 1.48. The van der Waals surface area contributed by atoms with Crippen molar-refractivity contribution in [1.82, 2.24) is 5.32 Å². The lowest BCUT2D eigenvalue weighted by atomic mass is 10.1. The molecule has 23 heavy (non-hydrogen) atoms. The highest BCUT2D eigenvalue weighted by Crippen LogP contribution is 2.39. The number of carbonyl (C=O) groups is 2. The van der Waals surface area contributed by atoms with Crippen LogP contribution in [0.2, 0.25) is 0 Å². The molecule has 1 aromatic heterocycles. The minimum Gasteiger partial charge on any atom is -0.355 e. The molecule has 0 saturated heterocycles. The largest absolute Gasteiger partial charge is 0.355 e. The number of hydrogen-bond acceptors (Lipinski definition) is 4. The lowest BCUT2D eigenvalue weighted by Gasteiger charge is -2.07. The number of hydrogen-bond donors (Lipinski definition) is 2. The number of nitriles is 1. The maximum Gasteiger partial charge on any atom is 0.256 e. The molecule has 1 aliphatic rings. The minimum absolute atomic E-state index is 0.167. The Hall–Kier alpha value is -2.65. The second kappa shape index (κ2) is 6.23. The molecule has 2 aromatic rings. The Morgan fingerprint density at radius 1 is 1.17 bits per heavy atom. The number of nitrogens with zero attached hydrogens (tertiary/aromatic N) is 1. The molecule has 0 atom stereocenters. The molecule has 0 aliphatic heterocycles. The van der Waals surface area contributed by atoms with E-state index in [2.05, 4.69) is 10.6 Å². The van der Waals surface area contributed by atoms with Crippen LogP contribution in [0, 0.1) is 11.3 Å². The molecule has 3 rings (SSSR count). The normalized spacial score (nSPS) is 12.3. The molecule has 5 nitrogen and oxygen atoms in total. The van der Waals surface area contributed by atoms with Crippen LogP contribution in [-0.2, 0) is 12.8 Å². The fourth-order valence-electron chi connectivity index (χ4n) is 2.73. The van der Waals surface area contributed by atoms with Gasteiger partial charge in [-0.15, -0.1) is 11.3 Å². The standard InChI is InChI=1S/C17H15N3O2S/c1-19-16(22)14-12-3-2-4-13(12)23-17(14)20-15(21)11-7-5-10(9-18)6-8-11/h5-8H,2-4H2,1H3,(H,19,22)(H,20,21). The third kappa shape index (κ3) is 2.83. The third-order valence-electron chi connectivity index (χ3n) is 3.88. The first kappa shape index (κ1) is 15.3. The third-order valence-corrected chi connectivity index (χ3v) is 5.09. The highest BCUT2D eigenvalue weighted by atomic mass is 32.1. The zero-order valence-electron chi connectivity index (χ0n) is 12.6. The lowest BCUT2D eigenvalue weighted by molar-refractivity contribution is 0.0963. The first-order valence-electron chi connectivity index (χ1n) is 7.32. The van der Waals surface area contributed by atoms with Crippen LogP contribution in [0.5, 0.6) is 0 Å². The van der Waals surface area contributed by atoms with Gasteiger partial charge in [-0.25, -0.2) is 0 Å². The molecular weight excluding hydrogens is 310 g/mol. The van der Waals surface area contributed by atoms with Crippen molar-refractivity contribution < 1.29 is 9.59 Å². The zero-order chi connectivity index (χ0) is 16.4. The van der Waals surface area contributed by atoms with Crippen molar-refractivity contribution in [2.45, 2.75) is 19.3 Å². The molecule has 0 fully saturated rings. The number of thiophene rings is 1. The van der Waals surface area contributed by atoms with Crippen LogP contribution in [0.1, 0.15) is 43.1 Å². The highest BCUT2D eigenvalue weighted by Gasteiger charge is 2.27. The van der Waals surface area contributed by atoms with Crippen LogP contribution in [-0.4, -0.2) is 18.9 Å². The smallest absolute Gasteiger partial charge is 0.256 e. The minimum atomic E-state index is -0.278. The Morgan fingerprint density at radius 3 is 2.57 bits per heavy atom.